The summed E-state index contributed by atoms with van der Waals surface area (Å²) in [5.41, 5.74) is 0.454. The minimum absolute atomic E-state index is 0.133. The van der Waals surface area contributed by atoms with E-state index in [9.17, 15) is 9.90 Å². The average molecular weight is 358 g/mol. The van der Waals surface area contributed by atoms with Crippen LogP contribution in [0.25, 0.3) is 0 Å². The van der Waals surface area contributed by atoms with Gasteiger partial charge in [0.2, 0.25) is 5.75 Å². The number of hydrogen-bond acceptors (Lipinski definition) is 5. The molecule has 0 aliphatic carbocycles. The number of ether oxygens (including phenoxy) is 2. The molecule has 0 bridgehead atoms. The molecule has 6 heteroatoms. The van der Waals surface area contributed by atoms with Crippen molar-refractivity contribution in [3.05, 3.63) is 53.6 Å². The van der Waals surface area contributed by atoms with E-state index in [1.165, 1.54) is 7.11 Å². The number of benzene rings is 2. The zero-order valence-corrected chi connectivity index (χ0v) is 15.6. The largest absolute Gasteiger partial charge is 0.504 e. The molecule has 0 saturated carbocycles. The molecule has 5 nitrogen and oxygen atoms in total. The van der Waals surface area contributed by atoms with Gasteiger partial charge in [0.25, 0.3) is 9.76 Å². The van der Waals surface area contributed by atoms with E-state index in [1.807, 2.05) is 19.9 Å². The lowest BCUT2D eigenvalue weighted by molar-refractivity contribution is 0.103. The molecule has 0 aromatic heterocycles. The van der Waals surface area contributed by atoms with Crippen LogP contribution in [0.15, 0.2) is 42.5 Å². The summed E-state index contributed by atoms with van der Waals surface area (Å²) in [6.45, 7) is 4.48. The first-order chi connectivity index (χ1) is 12.1. The summed E-state index contributed by atoms with van der Waals surface area (Å²) in [6.07, 6.45) is 0.706. The molecule has 1 atom stereocenters. The van der Waals surface area contributed by atoms with Crippen molar-refractivity contribution in [1.29, 1.82) is 0 Å². The van der Waals surface area contributed by atoms with Crippen molar-refractivity contribution in [3.63, 3.8) is 0 Å². The van der Waals surface area contributed by atoms with Gasteiger partial charge >= 0.3 is 0 Å². The van der Waals surface area contributed by atoms with Gasteiger partial charge in [0.1, 0.15) is 5.73 Å². The van der Waals surface area contributed by atoms with E-state index in [1.54, 1.807) is 36.4 Å². The average Bonchev–Trinajstić information content (AvgIpc) is 2.66. The lowest BCUT2D eigenvalue weighted by Gasteiger charge is -2.20. The predicted octanol–water partition coefficient (Wildman–Crippen LogP) is 3.40. The van der Waals surface area contributed by atoms with Crippen LogP contribution in [0.3, 0.4) is 0 Å². The first-order valence-electron chi connectivity index (χ1n) is 8.16. The molecular formula is C19H22O5Si. The molecule has 0 saturated heterocycles. The minimum Gasteiger partial charge on any atom is -0.504 e. The Bertz CT molecular complexity index is 702. The first-order valence-corrected chi connectivity index (χ1v) is 9.14. The van der Waals surface area contributed by atoms with Crippen molar-refractivity contribution >= 4 is 15.5 Å². The summed E-state index contributed by atoms with van der Waals surface area (Å²) < 4.78 is 16.6. The van der Waals surface area contributed by atoms with Gasteiger partial charge in [-0.1, -0.05) is 37.3 Å². The summed E-state index contributed by atoms with van der Waals surface area (Å²) in [4.78, 5) is 12.7. The number of aromatic hydroxyl groups is 1. The molecular weight excluding hydrogens is 336 g/mol. The van der Waals surface area contributed by atoms with E-state index < -0.39 is 0 Å². The van der Waals surface area contributed by atoms with Crippen LogP contribution in [0.2, 0.25) is 0 Å². The number of carbonyl (C=O) groups excluding carboxylic acids is 1. The Morgan fingerprint density at radius 3 is 2.48 bits per heavy atom. The number of rotatable bonds is 9. The molecule has 0 amide bonds. The van der Waals surface area contributed by atoms with Crippen LogP contribution in [0.4, 0.5) is 0 Å². The van der Waals surface area contributed by atoms with Gasteiger partial charge in [-0.3, -0.25) is 4.79 Å². The van der Waals surface area contributed by atoms with Gasteiger partial charge < -0.3 is 19.0 Å². The van der Waals surface area contributed by atoms with Crippen molar-refractivity contribution in [2.45, 2.75) is 26.0 Å². The minimum atomic E-state index is -0.272. The van der Waals surface area contributed by atoms with Crippen molar-refractivity contribution < 1.29 is 23.8 Å². The molecule has 1 N–H and O–H groups in total. The highest BCUT2D eigenvalue weighted by Crippen LogP contribution is 2.40. The zero-order valence-electron chi connectivity index (χ0n) is 14.6. The summed E-state index contributed by atoms with van der Waals surface area (Å²) in [7, 11) is 1.63. The van der Waals surface area contributed by atoms with Crippen molar-refractivity contribution in [3.8, 4) is 17.2 Å². The normalized spacial score (nSPS) is 11.8. The second-order valence-electron chi connectivity index (χ2n) is 5.25. The summed E-state index contributed by atoms with van der Waals surface area (Å²) in [5, 5.41) is 10.6. The molecule has 0 aliphatic heterocycles. The molecule has 25 heavy (non-hydrogen) atoms. The standard InChI is InChI=1S/C19H22O5Si/c1-4-16(25-23-5-2)24-19-15(22-3)12-11-14(18(19)21)17(20)13-9-7-6-8-10-13/h6-12,16,21H,4-5H2,1-3H3. The van der Waals surface area contributed by atoms with Crippen molar-refractivity contribution in [2.75, 3.05) is 13.7 Å². The van der Waals surface area contributed by atoms with Crippen LogP contribution in [0.1, 0.15) is 36.2 Å². The SMILES string of the molecule is CCO[Si]C(CC)Oc1c(OC)ccc(C(=O)c2ccccc2)c1O. The Balaban J connectivity index is 2.36. The maximum atomic E-state index is 12.7. The van der Waals surface area contributed by atoms with Crippen LogP contribution >= 0.6 is 0 Å². The van der Waals surface area contributed by atoms with Gasteiger partial charge in [-0.25, -0.2) is 0 Å². The number of phenolic OH excluding ortho intramolecular Hbond substituents is 1. The van der Waals surface area contributed by atoms with Gasteiger partial charge in [-0.15, -0.1) is 0 Å². The summed E-state index contributed by atoms with van der Waals surface area (Å²) in [6, 6.07) is 12.0. The number of hydrogen-bond donors (Lipinski definition) is 1. The van der Waals surface area contributed by atoms with Crippen molar-refractivity contribution in [2.24, 2.45) is 0 Å². The maximum Gasteiger partial charge on any atom is 0.277 e. The molecule has 0 aliphatic rings. The van der Waals surface area contributed by atoms with E-state index >= 15 is 0 Å². The van der Waals surface area contributed by atoms with Gasteiger partial charge in [0.15, 0.2) is 17.3 Å². The highest BCUT2D eigenvalue weighted by molar-refractivity contribution is 6.29. The van der Waals surface area contributed by atoms with Crippen LogP contribution < -0.4 is 9.47 Å². The highest BCUT2D eigenvalue weighted by atomic mass is 28.2. The lowest BCUT2D eigenvalue weighted by atomic mass is 10.0. The third-order valence-corrected chi connectivity index (χ3v) is 4.83. The van der Waals surface area contributed by atoms with Crippen LogP contribution in [0.5, 0.6) is 17.2 Å². The molecule has 2 aromatic rings. The molecule has 2 radical (unpaired) electrons. The Morgan fingerprint density at radius 1 is 1.16 bits per heavy atom. The quantitative estimate of drug-likeness (QED) is 0.550. The third-order valence-electron chi connectivity index (χ3n) is 3.59. The lowest BCUT2D eigenvalue weighted by Crippen LogP contribution is -2.26. The summed E-state index contributed by atoms with van der Waals surface area (Å²) in [5.74, 6) is 0.0593. The fourth-order valence-corrected chi connectivity index (χ4v) is 2.95. The van der Waals surface area contributed by atoms with E-state index in [4.69, 9.17) is 13.9 Å². The second kappa shape index (κ2) is 9.24. The molecule has 0 fully saturated rings. The summed E-state index contributed by atoms with van der Waals surface area (Å²) >= 11 is 0. The van der Waals surface area contributed by atoms with Gasteiger partial charge in [0.05, 0.1) is 12.7 Å². The Morgan fingerprint density at radius 2 is 1.88 bits per heavy atom. The zero-order chi connectivity index (χ0) is 18.2. The van der Waals surface area contributed by atoms with Crippen LogP contribution in [0, 0.1) is 0 Å². The van der Waals surface area contributed by atoms with Crippen LogP contribution in [-0.2, 0) is 4.43 Å². The molecule has 0 heterocycles. The van der Waals surface area contributed by atoms with Gasteiger partial charge in [0, 0.05) is 12.2 Å². The molecule has 1 unspecified atom stereocenters. The van der Waals surface area contributed by atoms with Gasteiger partial charge in [-0.05, 0) is 25.5 Å². The number of carbonyl (C=O) groups is 1. The van der Waals surface area contributed by atoms with Crippen molar-refractivity contribution in [1.82, 2.24) is 0 Å². The second-order valence-corrected chi connectivity index (χ2v) is 6.42. The van der Waals surface area contributed by atoms with E-state index in [0.29, 0.717) is 24.3 Å². The van der Waals surface area contributed by atoms with E-state index in [2.05, 4.69) is 0 Å². The topological polar surface area (TPSA) is 65.0 Å². The van der Waals surface area contributed by atoms with E-state index in [0.717, 1.165) is 0 Å². The maximum absolute atomic E-state index is 12.7. The Kier molecular flexibility index (Phi) is 7.03. The smallest absolute Gasteiger partial charge is 0.277 e. The number of ketones is 1. The van der Waals surface area contributed by atoms with E-state index in [-0.39, 0.29) is 38.3 Å². The Hall–Kier alpha value is -2.31. The predicted molar refractivity (Wildman–Crippen MR) is 96.6 cm³/mol. The molecule has 132 valence electrons. The Labute approximate surface area is 150 Å². The van der Waals surface area contributed by atoms with Gasteiger partial charge in [-0.2, -0.15) is 0 Å². The fraction of sp³-hybridized carbons (Fsp3) is 0.316. The molecule has 0 spiro atoms. The first kappa shape index (κ1) is 19.0. The number of methoxy groups -OCH3 is 1. The monoisotopic (exact) mass is 358 g/mol. The third kappa shape index (κ3) is 4.61. The fourth-order valence-electron chi connectivity index (χ4n) is 2.26. The number of phenols is 1. The highest BCUT2D eigenvalue weighted by Gasteiger charge is 2.23. The molecule has 2 rings (SSSR count). The molecule has 2 aromatic carbocycles. The van der Waals surface area contributed by atoms with Crippen LogP contribution in [-0.4, -0.2) is 40.1 Å².